The molecule has 1 aromatic carbocycles. The van der Waals surface area contributed by atoms with Crippen LogP contribution in [0, 0.1) is 0 Å². The van der Waals surface area contributed by atoms with E-state index >= 15 is 0 Å². The van der Waals surface area contributed by atoms with Crippen LogP contribution in [0.25, 0.3) is 11.8 Å². The topological polar surface area (TPSA) is 9.23 Å². The van der Waals surface area contributed by atoms with Crippen LogP contribution in [0.2, 0.25) is 0 Å². The minimum atomic E-state index is 0.583. The lowest BCUT2D eigenvalue weighted by atomic mass is 9.96. The summed E-state index contributed by atoms with van der Waals surface area (Å²) < 4.78 is 5.40. The molecule has 60 valence electrons. The summed E-state index contributed by atoms with van der Waals surface area (Å²) in [5.41, 5.74) is 2.47. The van der Waals surface area contributed by atoms with Crippen LogP contribution in [0.15, 0.2) is 36.9 Å². The average molecular weight is 158 g/mol. The van der Waals surface area contributed by atoms with Crippen molar-refractivity contribution < 1.29 is 4.74 Å². The molecule has 0 radical (unpaired) electrons. The highest BCUT2D eigenvalue weighted by Crippen LogP contribution is 2.32. The molecule has 1 nitrogen and oxygen atoms in total. The van der Waals surface area contributed by atoms with Gasteiger partial charge in [0.05, 0.1) is 0 Å². The Balaban J connectivity index is 2.12. The molecule has 0 bridgehead atoms. The number of ether oxygens (including phenoxy) is 1. The van der Waals surface area contributed by atoms with Crippen LogP contribution in [0.3, 0.4) is 0 Å². The van der Waals surface area contributed by atoms with E-state index in [1.165, 1.54) is 11.1 Å². The zero-order valence-corrected chi connectivity index (χ0v) is 6.79. The molecule has 1 heteroatoms. The van der Waals surface area contributed by atoms with Crippen LogP contribution in [0.5, 0.6) is 0 Å². The second-order valence-electron chi connectivity index (χ2n) is 2.70. The highest BCUT2D eigenvalue weighted by molar-refractivity contribution is 5.92. The quantitative estimate of drug-likeness (QED) is 0.614. The Bertz CT molecular complexity index is 337. The van der Waals surface area contributed by atoms with E-state index in [0.29, 0.717) is 6.61 Å². The minimum absolute atomic E-state index is 0.583. The van der Waals surface area contributed by atoms with Gasteiger partial charge in [-0.25, -0.2) is 0 Å². The number of benzene rings is 1. The first-order valence-corrected chi connectivity index (χ1v) is 3.96. The molecule has 0 N–H and O–H groups in total. The van der Waals surface area contributed by atoms with E-state index < -0.39 is 0 Å². The van der Waals surface area contributed by atoms with E-state index in [-0.39, 0.29) is 0 Å². The van der Waals surface area contributed by atoms with Crippen LogP contribution in [-0.4, -0.2) is 6.61 Å². The van der Waals surface area contributed by atoms with Crippen molar-refractivity contribution >= 4 is 11.8 Å². The summed E-state index contributed by atoms with van der Waals surface area (Å²) in [4.78, 5) is 0. The summed E-state index contributed by atoms with van der Waals surface area (Å²) in [6.45, 7) is 4.18. The van der Waals surface area contributed by atoms with Crippen molar-refractivity contribution in [1.29, 1.82) is 0 Å². The Morgan fingerprint density at radius 1 is 1.33 bits per heavy atom. The van der Waals surface area contributed by atoms with Crippen LogP contribution in [0.1, 0.15) is 11.1 Å². The van der Waals surface area contributed by atoms with Crippen molar-refractivity contribution in [3.63, 3.8) is 0 Å². The fourth-order valence-corrected chi connectivity index (χ4v) is 1.26. The fourth-order valence-electron chi connectivity index (χ4n) is 1.26. The third-order valence-electron chi connectivity index (χ3n) is 1.87. The number of rotatable bonds is 3. The van der Waals surface area contributed by atoms with Gasteiger partial charge in [-0.1, -0.05) is 36.9 Å². The Morgan fingerprint density at radius 3 is 2.92 bits per heavy atom. The summed E-state index contributed by atoms with van der Waals surface area (Å²) >= 11 is 0. The molecule has 0 fully saturated rings. The summed E-state index contributed by atoms with van der Waals surface area (Å²) in [5, 5.41) is 0. The summed E-state index contributed by atoms with van der Waals surface area (Å²) in [7, 11) is 0. The van der Waals surface area contributed by atoms with E-state index in [9.17, 15) is 0 Å². The Hall–Kier alpha value is -1.50. The molecule has 0 saturated heterocycles. The molecule has 0 heterocycles. The third-order valence-corrected chi connectivity index (χ3v) is 1.87. The van der Waals surface area contributed by atoms with Crippen LogP contribution in [-0.2, 0) is 4.74 Å². The van der Waals surface area contributed by atoms with Gasteiger partial charge in [-0.15, -0.1) is 0 Å². The van der Waals surface area contributed by atoms with Crippen molar-refractivity contribution in [1.82, 2.24) is 0 Å². The molecule has 0 spiro atoms. The fraction of sp³-hybridized carbons (Fsp3) is 0.0909. The zero-order valence-electron chi connectivity index (χ0n) is 6.79. The first-order chi connectivity index (χ1) is 5.92. The summed E-state index contributed by atoms with van der Waals surface area (Å²) in [6.07, 6.45) is 3.79. The smallest absolute Gasteiger partial charge is 0.128 e. The van der Waals surface area contributed by atoms with Gasteiger partial charge in [0.15, 0.2) is 0 Å². The van der Waals surface area contributed by atoms with Gasteiger partial charge in [-0.2, -0.15) is 0 Å². The lowest BCUT2D eigenvalue weighted by Crippen LogP contribution is -2.01. The van der Waals surface area contributed by atoms with Crippen molar-refractivity contribution in [3.8, 4) is 0 Å². The molecule has 0 atom stereocenters. The molecule has 2 rings (SSSR count). The van der Waals surface area contributed by atoms with Gasteiger partial charge in [0.1, 0.15) is 12.4 Å². The minimum Gasteiger partial charge on any atom is -0.489 e. The van der Waals surface area contributed by atoms with Gasteiger partial charge in [-0.05, 0) is 11.6 Å². The Labute approximate surface area is 72.0 Å². The largest absolute Gasteiger partial charge is 0.489 e. The maximum Gasteiger partial charge on any atom is 0.128 e. The monoisotopic (exact) mass is 158 g/mol. The van der Waals surface area contributed by atoms with Crippen molar-refractivity contribution in [2.75, 3.05) is 6.61 Å². The van der Waals surface area contributed by atoms with Gasteiger partial charge in [-0.3, -0.25) is 0 Å². The van der Waals surface area contributed by atoms with Gasteiger partial charge in [0.25, 0.3) is 0 Å². The van der Waals surface area contributed by atoms with Gasteiger partial charge in [0.2, 0.25) is 0 Å². The average Bonchev–Trinajstić information content (AvgIpc) is 2.07. The molecule has 1 aliphatic carbocycles. The van der Waals surface area contributed by atoms with E-state index in [0.717, 1.165) is 5.76 Å². The van der Waals surface area contributed by atoms with Gasteiger partial charge in [0, 0.05) is 5.56 Å². The molecule has 0 aromatic heterocycles. The predicted octanol–water partition coefficient (Wildman–Crippen LogP) is 2.70. The maximum absolute atomic E-state index is 5.40. The molecule has 12 heavy (non-hydrogen) atoms. The second-order valence-corrected chi connectivity index (χ2v) is 2.70. The first-order valence-electron chi connectivity index (χ1n) is 3.96. The molecule has 1 aromatic rings. The summed E-state index contributed by atoms with van der Waals surface area (Å²) in [6, 6.07) is 8.19. The Kier molecular flexibility index (Phi) is 1.71. The van der Waals surface area contributed by atoms with Crippen LogP contribution < -0.4 is 0 Å². The number of fused-ring (bicyclic) bond motifs is 1. The lowest BCUT2D eigenvalue weighted by molar-refractivity contribution is 0.319. The van der Waals surface area contributed by atoms with Crippen LogP contribution >= 0.6 is 0 Å². The van der Waals surface area contributed by atoms with Gasteiger partial charge < -0.3 is 4.74 Å². The van der Waals surface area contributed by atoms with Crippen molar-refractivity contribution in [2.45, 2.75) is 0 Å². The van der Waals surface area contributed by atoms with Crippen LogP contribution in [0.4, 0.5) is 0 Å². The van der Waals surface area contributed by atoms with E-state index in [1.54, 1.807) is 6.08 Å². The Morgan fingerprint density at radius 2 is 2.17 bits per heavy atom. The summed E-state index contributed by atoms with van der Waals surface area (Å²) in [5.74, 6) is 0.977. The highest BCUT2D eigenvalue weighted by Gasteiger charge is 2.15. The SMILES string of the molecule is C=CCOC1=Cc2ccccc21. The normalized spacial score (nSPS) is 12.5. The molecular formula is C11H10O. The van der Waals surface area contributed by atoms with E-state index in [4.69, 9.17) is 4.74 Å². The van der Waals surface area contributed by atoms with E-state index in [1.807, 2.05) is 18.2 Å². The van der Waals surface area contributed by atoms with Crippen molar-refractivity contribution in [3.05, 3.63) is 48.0 Å². The van der Waals surface area contributed by atoms with Gasteiger partial charge >= 0.3 is 0 Å². The third kappa shape index (κ3) is 1.03. The predicted molar refractivity (Wildman–Crippen MR) is 50.5 cm³/mol. The maximum atomic E-state index is 5.40. The lowest BCUT2D eigenvalue weighted by Gasteiger charge is -2.19. The molecule has 0 aliphatic heterocycles. The number of hydrogen-bond acceptors (Lipinski definition) is 1. The molecule has 0 amide bonds. The first kappa shape index (κ1) is 7.17. The highest BCUT2D eigenvalue weighted by atomic mass is 16.5. The molecular weight excluding hydrogens is 148 g/mol. The molecule has 0 unspecified atom stereocenters. The van der Waals surface area contributed by atoms with Crippen molar-refractivity contribution in [2.24, 2.45) is 0 Å². The zero-order chi connectivity index (χ0) is 8.39. The van der Waals surface area contributed by atoms with E-state index in [2.05, 4.69) is 18.7 Å². The molecule has 1 aliphatic rings. The number of hydrogen-bond donors (Lipinski definition) is 0. The standard InChI is InChI=1S/C11H10O/c1-2-7-12-11-8-9-5-3-4-6-10(9)11/h2-6,8H,1,7H2. The molecule has 0 saturated carbocycles. The second kappa shape index (κ2) is 2.86.